The summed E-state index contributed by atoms with van der Waals surface area (Å²) >= 11 is 0. The van der Waals surface area contributed by atoms with Crippen molar-refractivity contribution in [3.8, 4) is 0 Å². The lowest BCUT2D eigenvalue weighted by Gasteiger charge is -2.24. The lowest BCUT2D eigenvalue weighted by molar-refractivity contribution is -0.133. The Morgan fingerprint density at radius 3 is 2.60 bits per heavy atom. The predicted molar refractivity (Wildman–Crippen MR) is 101 cm³/mol. The Kier molecular flexibility index (Phi) is 6.45. The first-order valence-corrected chi connectivity index (χ1v) is 8.41. The minimum absolute atomic E-state index is 0. The van der Waals surface area contributed by atoms with E-state index in [4.69, 9.17) is 5.73 Å². The molecular weight excluding hydrogens is 340 g/mol. The maximum Gasteiger partial charge on any atom is 0.239 e. The van der Waals surface area contributed by atoms with Crippen LogP contribution < -0.4 is 5.73 Å². The topological polar surface area (TPSA) is 82.4 Å². The third-order valence-corrected chi connectivity index (χ3v) is 4.68. The van der Waals surface area contributed by atoms with Crippen LogP contribution in [0.3, 0.4) is 0 Å². The highest BCUT2D eigenvalue weighted by atomic mass is 35.5. The molecule has 25 heavy (non-hydrogen) atoms. The van der Waals surface area contributed by atoms with Gasteiger partial charge in [0.1, 0.15) is 0 Å². The van der Waals surface area contributed by atoms with E-state index in [1.54, 1.807) is 16.7 Å². The molecule has 1 aromatic heterocycles. The summed E-state index contributed by atoms with van der Waals surface area (Å²) in [6, 6.07) is 7.45. The highest BCUT2D eigenvalue weighted by Crippen LogP contribution is 2.19. The van der Waals surface area contributed by atoms with Gasteiger partial charge in [0.25, 0.3) is 0 Å². The van der Waals surface area contributed by atoms with Crippen molar-refractivity contribution in [1.29, 1.82) is 0 Å². The lowest BCUT2D eigenvalue weighted by atomic mass is 10.0. The number of nitrogens with two attached hydrogens (primary N) is 1. The maximum atomic E-state index is 12.7. The van der Waals surface area contributed by atoms with Crippen LogP contribution >= 0.6 is 12.4 Å². The molecule has 136 valence electrons. The predicted octanol–water partition coefficient (Wildman–Crippen LogP) is 1.54. The second kappa shape index (κ2) is 8.36. The van der Waals surface area contributed by atoms with Crippen LogP contribution in [0.5, 0.6) is 0 Å². The molecule has 7 heteroatoms. The van der Waals surface area contributed by atoms with Gasteiger partial charge in [0.15, 0.2) is 0 Å². The van der Waals surface area contributed by atoms with Gasteiger partial charge in [-0.1, -0.05) is 18.2 Å². The summed E-state index contributed by atoms with van der Waals surface area (Å²) in [6.45, 7) is 4.07. The highest BCUT2D eigenvalue weighted by Gasteiger charge is 2.25. The van der Waals surface area contributed by atoms with Gasteiger partial charge in [-0.05, 0) is 24.5 Å². The van der Waals surface area contributed by atoms with E-state index in [2.05, 4.69) is 4.98 Å². The fourth-order valence-corrected chi connectivity index (χ4v) is 3.31. The molecule has 2 heterocycles. The molecule has 0 radical (unpaired) electrons. The number of benzene rings is 1. The van der Waals surface area contributed by atoms with Crippen LogP contribution in [0.25, 0.3) is 10.9 Å². The van der Waals surface area contributed by atoms with E-state index < -0.39 is 6.04 Å². The number of halogens is 1. The number of carbonyl (C=O) groups is 2. The molecule has 0 unspecified atom stereocenters. The van der Waals surface area contributed by atoms with Crippen LogP contribution in [0.1, 0.15) is 18.9 Å². The molecule has 1 aliphatic heterocycles. The van der Waals surface area contributed by atoms with Gasteiger partial charge >= 0.3 is 0 Å². The zero-order valence-electron chi connectivity index (χ0n) is 14.4. The Labute approximate surface area is 153 Å². The van der Waals surface area contributed by atoms with Crippen LogP contribution in [0.15, 0.2) is 30.5 Å². The maximum absolute atomic E-state index is 12.7. The Bertz CT molecular complexity index is 746. The van der Waals surface area contributed by atoms with E-state index in [0.717, 1.165) is 22.9 Å². The molecule has 3 N–H and O–H groups in total. The largest absolute Gasteiger partial charge is 0.361 e. The average Bonchev–Trinajstić information content (AvgIpc) is 2.82. The van der Waals surface area contributed by atoms with Crippen molar-refractivity contribution in [2.24, 2.45) is 5.73 Å². The number of carbonyl (C=O) groups excluding carboxylic acids is 2. The van der Waals surface area contributed by atoms with Gasteiger partial charge in [0.05, 0.1) is 6.04 Å². The van der Waals surface area contributed by atoms with Crippen molar-refractivity contribution in [1.82, 2.24) is 14.8 Å². The van der Waals surface area contributed by atoms with Crippen LogP contribution in [-0.2, 0) is 16.0 Å². The molecule has 3 rings (SSSR count). The number of nitrogens with one attached hydrogen (secondary N) is 1. The number of aromatic nitrogens is 1. The summed E-state index contributed by atoms with van der Waals surface area (Å²) in [5.74, 6) is 0.0260. The van der Waals surface area contributed by atoms with Gasteiger partial charge in [-0.25, -0.2) is 0 Å². The molecule has 1 aromatic carbocycles. The van der Waals surface area contributed by atoms with Crippen LogP contribution in [-0.4, -0.2) is 58.8 Å². The van der Waals surface area contributed by atoms with Gasteiger partial charge < -0.3 is 20.5 Å². The molecule has 0 bridgehead atoms. The lowest BCUT2D eigenvalue weighted by Crippen LogP contribution is -2.46. The molecule has 2 aromatic rings. The fourth-order valence-electron chi connectivity index (χ4n) is 3.31. The normalized spacial score (nSPS) is 16.2. The first-order valence-electron chi connectivity index (χ1n) is 8.41. The van der Waals surface area contributed by atoms with Gasteiger partial charge in [-0.15, -0.1) is 12.4 Å². The molecule has 1 fully saturated rings. The zero-order chi connectivity index (χ0) is 17.1. The summed E-state index contributed by atoms with van der Waals surface area (Å²) in [5, 5.41) is 1.11. The van der Waals surface area contributed by atoms with Crippen molar-refractivity contribution in [2.75, 3.05) is 26.2 Å². The van der Waals surface area contributed by atoms with Gasteiger partial charge in [0.2, 0.25) is 11.8 Å². The Morgan fingerprint density at radius 2 is 1.84 bits per heavy atom. The van der Waals surface area contributed by atoms with E-state index in [1.807, 2.05) is 30.5 Å². The van der Waals surface area contributed by atoms with Crippen LogP contribution in [0.4, 0.5) is 0 Å². The Morgan fingerprint density at radius 1 is 1.16 bits per heavy atom. The SMILES string of the molecule is CC(=O)N1CCCN(C(=O)[C@@H](N)Cc2c[nH]c3ccccc23)CC1.Cl. The number of hydrogen-bond acceptors (Lipinski definition) is 3. The third kappa shape index (κ3) is 4.32. The highest BCUT2D eigenvalue weighted by molar-refractivity contribution is 5.86. The van der Waals surface area contributed by atoms with Crippen molar-refractivity contribution in [3.05, 3.63) is 36.0 Å². The minimum Gasteiger partial charge on any atom is -0.361 e. The quantitative estimate of drug-likeness (QED) is 0.866. The number of hydrogen-bond donors (Lipinski definition) is 2. The third-order valence-electron chi connectivity index (χ3n) is 4.68. The molecule has 6 nitrogen and oxygen atoms in total. The van der Waals surface area contributed by atoms with Gasteiger partial charge in [-0.2, -0.15) is 0 Å². The molecule has 0 aliphatic carbocycles. The summed E-state index contributed by atoms with van der Waals surface area (Å²) in [7, 11) is 0. The van der Waals surface area contributed by atoms with Crippen molar-refractivity contribution in [3.63, 3.8) is 0 Å². The number of nitrogens with zero attached hydrogens (tertiary/aromatic N) is 2. The molecule has 0 saturated carbocycles. The minimum atomic E-state index is -0.562. The smallest absolute Gasteiger partial charge is 0.239 e. The fraction of sp³-hybridized carbons (Fsp3) is 0.444. The molecule has 2 amide bonds. The van der Waals surface area contributed by atoms with E-state index >= 15 is 0 Å². The van der Waals surface area contributed by atoms with Crippen molar-refractivity contribution < 1.29 is 9.59 Å². The molecule has 1 atom stereocenters. The van der Waals surface area contributed by atoms with Crippen molar-refractivity contribution in [2.45, 2.75) is 25.8 Å². The van der Waals surface area contributed by atoms with Gasteiger partial charge in [0, 0.05) is 50.2 Å². The second-order valence-corrected chi connectivity index (χ2v) is 6.36. The second-order valence-electron chi connectivity index (χ2n) is 6.36. The molecule has 1 saturated heterocycles. The number of amides is 2. The summed E-state index contributed by atoms with van der Waals surface area (Å²) in [4.78, 5) is 31.0. The average molecular weight is 365 g/mol. The first-order chi connectivity index (χ1) is 11.6. The zero-order valence-corrected chi connectivity index (χ0v) is 15.2. The van der Waals surface area contributed by atoms with E-state index in [0.29, 0.717) is 32.6 Å². The van der Waals surface area contributed by atoms with Crippen LogP contribution in [0.2, 0.25) is 0 Å². The Hall–Kier alpha value is -2.05. The monoisotopic (exact) mass is 364 g/mol. The number of H-pyrrole nitrogens is 1. The molecule has 0 spiro atoms. The molecular formula is C18H25ClN4O2. The van der Waals surface area contributed by atoms with E-state index in [9.17, 15) is 9.59 Å². The van der Waals surface area contributed by atoms with Crippen LogP contribution in [0, 0.1) is 0 Å². The number of fused-ring (bicyclic) bond motifs is 1. The standard InChI is InChI=1S/C18H24N4O2.ClH/c1-13(23)21-7-4-8-22(10-9-21)18(24)16(19)11-14-12-20-17-6-3-2-5-15(14)17;/h2-3,5-6,12,16,20H,4,7-11,19H2,1H3;1H/t16-;/m0./s1. The Balaban J connectivity index is 0.00000225. The van der Waals surface area contributed by atoms with Gasteiger partial charge in [-0.3, -0.25) is 9.59 Å². The summed E-state index contributed by atoms with van der Waals surface area (Å²) < 4.78 is 0. The first kappa shape index (κ1) is 19.3. The molecule has 1 aliphatic rings. The number of rotatable bonds is 3. The summed E-state index contributed by atoms with van der Waals surface area (Å²) in [6.07, 6.45) is 3.23. The number of para-hydroxylation sites is 1. The van der Waals surface area contributed by atoms with Crippen molar-refractivity contribution >= 4 is 35.1 Å². The number of aromatic amines is 1. The van der Waals surface area contributed by atoms with E-state index in [1.165, 1.54) is 0 Å². The van der Waals surface area contributed by atoms with E-state index in [-0.39, 0.29) is 24.2 Å². The summed E-state index contributed by atoms with van der Waals surface area (Å²) in [5.41, 5.74) is 8.31.